The third-order valence-electron chi connectivity index (χ3n) is 9.46. The number of nitrogens with zero attached hydrogens (tertiary/aromatic N) is 1. The predicted molar refractivity (Wildman–Crippen MR) is 211 cm³/mol. The van der Waals surface area contributed by atoms with Gasteiger partial charge in [0.2, 0.25) is 53.2 Å². The zero-order chi connectivity index (χ0) is 44.5. The Balaban J connectivity index is 3.23. The molecule has 0 bridgehead atoms. The van der Waals surface area contributed by atoms with E-state index in [2.05, 4.69) is 31.9 Å². The van der Waals surface area contributed by atoms with E-state index in [1.165, 1.54) is 4.90 Å². The summed E-state index contributed by atoms with van der Waals surface area (Å²) in [5, 5.41) is 34.1. The normalized spacial score (nSPS) is 16.6. The second-order valence-corrected chi connectivity index (χ2v) is 14.1. The molecule has 336 valence electrons. The standard InChI is InChI=1S/C35H65N13O11/c36-12-4-1-8-20(29(41)53)43-34(58)26-11-7-15-48(26)35(59)22(10-3-6-14-38)45-33(57)25(19-50)47-30(54)21(9-2-5-13-37)44-31(55)23(16-27(40)51)46-32(56)24(18-49)42-28(52)17-39/h20-26,49-50H,1-19,36-39H2,(H2,40,51)(H2,41,53)(H,42,52)(H,43,58)(H,44,55)(H,45,57)(H,46,56)(H,47,54). The van der Waals surface area contributed by atoms with Crippen LogP contribution in [0.25, 0.3) is 0 Å². The van der Waals surface area contributed by atoms with Crippen molar-refractivity contribution in [1.29, 1.82) is 0 Å². The van der Waals surface area contributed by atoms with Gasteiger partial charge in [-0.05, 0) is 90.3 Å². The van der Waals surface area contributed by atoms with Crippen molar-refractivity contribution in [1.82, 2.24) is 36.8 Å². The van der Waals surface area contributed by atoms with Crippen LogP contribution in [-0.4, -0.2) is 157 Å². The predicted octanol–water partition coefficient (Wildman–Crippen LogP) is -7.42. The minimum atomic E-state index is -1.68. The van der Waals surface area contributed by atoms with Crippen LogP contribution in [0.3, 0.4) is 0 Å². The van der Waals surface area contributed by atoms with Gasteiger partial charge in [-0.2, -0.15) is 0 Å². The molecule has 0 aliphatic carbocycles. The molecule has 0 spiro atoms. The Bertz CT molecular complexity index is 1420. The van der Waals surface area contributed by atoms with E-state index in [4.69, 9.17) is 34.4 Å². The Hall–Kier alpha value is -5.01. The van der Waals surface area contributed by atoms with Gasteiger partial charge < -0.3 is 81.4 Å². The van der Waals surface area contributed by atoms with E-state index in [0.29, 0.717) is 45.1 Å². The maximum Gasteiger partial charge on any atom is 0.245 e. The highest BCUT2D eigenvalue weighted by Crippen LogP contribution is 2.21. The van der Waals surface area contributed by atoms with Gasteiger partial charge in [0.05, 0.1) is 26.2 Å². The van der Waals surface area contributed by atoms with E-state index < -0.39 is 122 Å². The molecule has 7 atom stereocenters. The molecule has 1 fully saturated rings. The number of aliphatic hydroxyl groups is 2. The lowest BCUT2D eigenvalue weighted by Gasteiger charge is -2.30. The number of hydrogen-bond donors (Lipinski definition) is 14. The van der Waals surface area contributed by atoms with Gasteiger partial charge >= 0.3 is 0 Å². The summed E-state index contributed by atoms with van der Waals surface area (Å²) in [6.07, 6.45) is 2.96. The molecular weight excluding hydrogens is 778 g/mol. The molecule has 9 amide bonds. The average molecular weight is 844 g/mol. The zero-order valence-electron chi connectivity index (χ0n) is 33.5. The van der Waals surface area contributed by atoms with Gasteiger partial charge in [0.1, 0.15) is 42.3 Å². The Morgan fingerprint density at radius 3 is 1.49 bits per heavy atom. The van der Waals surface area contributed by atoms with Crippen LogP contribution in [0.1, 0.15) is 77.0 Å². The van der Waals surface area contributed by atoms with E-state index >= 15 is 0 Å². The van der Waals surface area contributed by atoms with Crippen LogP contribution in [0.4, 0.5) is 0 Å². The highest BCUT2D eigenvalue weighted by atomic mass is 16.3. The molecule has 1 saturated heterocycles. The molecule has 1 rings (SSSR count). The average Bonchev–Trinajstić information content (AvgIpc) is 3.70. The second kappa shape index (κ2) is 28.4. The first-order chi connectivity index (χ1) is 28.1. The van der Waals surface area contributed by atoms with Gasteiger partial charge in [-0.15, -0.1) is 0 Å². The van der Waals surface area contributed by atoms with Gasteiger partial charge in [-0.1, -0.05) is 0 Å². The minimum absolute atomic E-state index is 0.0557. The highest BCUT2D eigenvalue weighted by molar-refractivity contribution is 5.98. The number of primary amides is 2. The Morgan fingerprint density at radius 2 is 1.00 bits per heavy atom. The number of unbranched alkanes of at least 4 members (excludes halogenated alkanes) is 3. The van der Waals surface area contributed by atoms with Crippen molar-refractivity contribution in [3.05, 3.63) is 0 Å². The number of carbonyl (C=O) groups is 9. The van der Waals surface area contributed by atoms with E-state index in [0.717, 1.165) is 0 Å². The Kier molecular flexibility index (Phi) is 25.1. The summed E-state index contributed by atoms with van der Waals surface area (Å²) >= 11 is 0. The first kappa shape index (κ1) is 52.0. The number of hydrogen-bond acceptors (Lipinski definition) is 15. The van der Waals surface area contributed by atoms with Crippen molar-refractivity contribution in [3.63, 3.8) is 0 Å². The van der Waals surface area contributed by atoms with Crippen molar-refractivity contribution in [2.75, 3.05) is 45.9 Å². The smallest absolute Gasteiger partial charge is 0.245 e. The number of carbonyl (C=O) groups excluding carboxylic acids is 9. The van der Waals surface area contributed by atoms with Crippen molar-refractivity contribution in [3.8, 4) is 0 Å². The molecular formula is C35H65N13O11. The van der Waals surface area contributed by atoms with Crippen molar-refractivity contribution in [2.45, 2.75) is 119 Å². The number of rotatable bonds is 30. The van der Waals surface area contributed by atoms with Crippen LogP contribution in [-0.2, 0) is 43.2 Å². The number of likely N-dealkylation sites (tertiary alicyclic amines) is 1. The monoisotopic (exact) mass is 843 g/mol. The summed E-state index contributed by atoms with van der Waals surface area (Å²) in [6, 6.07) is -9.47. The molecule has 1 aliphatic heterocycles. The summed E-state index contributed by atoms with van der Waals surface area (Å²) in [5.74, 6) is -7.84. The fourth-order valence-electron chi connectivity index (χ4n) is 6.20. The fraction of sp³-hybridized carbons (Fsp3) is 0.743. The zero-order valence-corrected chi connectivity index (χ0v) is 33.5. The van der Waals surface area contributed by atoms with E-state index in [1.807, 2.05) is 0 Å². The van der Waals surface area contributed by atoms with Crippen LogP contribution >= 0.6 is 0 Å². The van der Waals surface area contributed by atoms with Gasteiger partial charge in [0.15, 0.2) is 0 Å². The third kappa shape index (κ3) is 18.6. The maximum atomic E-state index is 14.0. The molecule has 0 aromatic rings. The van der Waals surface area contributed by atoms with Crippen LogP contribution in [0.15, 0.2) is 0 Å². The van der Waals surface area contributed by atoms with Gasteiger partial charge in [-0.25, -0.2) is 0 Å². The maximum absolute atomic E-state index is 14.0. The van der Waals surface area contributed by atoms with Crippen molar-refractivity contribution >= 4 is 53.2 Å². The Labute approximate surface area is 342 Å². The highest BCUT2D eigenvalue weighted by Gasteiger charge is 2.39. The summed E-state index contributed by atoms with van der Waals surface area (Å²) in [6.45, 7) is -1.29. The van der Waals surface area contributed by atoms with Crippen LogP contribution < -0.4 is 66.3 Å². The van der Waals surface area contributed by atoms with E-state index in [-0.39, 0.29) is 51.7 Å². The SMILES string of the molecule is NCCCCC(NC(=O)C1CCCN1C(=O)C(CCCCN)NC(=O)C(CO)NC(=O)C(CCCCN)NC(=O)C(CC(N)=O)NC(=O)C(CO)NC(=O)CN)C(N)=O. The van der Waals surface area contributed by atoms with Crippen LogP contribution in [0, 0.1) is 0 Å². The first-order valence-electron chi connectivity index (χ1n) is 19.8. The lowest BCUT2D eigenvalue weighted by Crippen LogP contribution is -2.61. The molecule has 1 heterocycles. The molecule has 24 heteroatoms. The number of nitrogens with one attached hydrogen (secondary N) is 6. The third-order valence-corrected chi connectivity index (χ3v) is 9.46. The van der Waals surface area contributed by atoms with Crippen LogP contribution in [0.5, 0.6) is 0 Å². The summed E-state index contributed by atoms with van der Waals surface area (Å²) in [4.78, 5) is 118. The summed E-state index contributed by atoms with van der Waals surface area (Å²) in [5.41, 5.74) is 32.8. The van der Waals surface area contributed by atoms with E-state index in [1.54, 1.807) is 0 Å². The molecule has 0 aromatic carbocycles. The van der Waals surface area contributed by atoms with Crippen molar-refractivity contribution < 1.29 is 53.4 Å². The largest absolute Gasteiger partial charge is 0.394 e. The second-order valence-electron chi connectivity index (χ2n) is 14.1. The quantitative estimate of drug-likeness (QED) is 0.0299. The minimum Gasteiger partial charge on any atom is -0.394 e. The van der Waals surface area contributed by atoms with Gasteiger partial charge in [0.25, 0.3) is 0 Å². The molecule has 1 aliphatic rings. The molecule has 24 nitrogen and oxygen atoms in total. The molecule has 59 heavy (non-hydrogen) atoms. The Morgan fingerprint density at radius 1 is 0.559 bits per heavy atom. The number of amides is 9. The lowest BCUT2D eigenvalue weighted by atomic mass is 10.0. The molecule has 0 radical (unpaired) electrons. The first-order valence-corrected chi connectivity index (χ1v) is 19.8. The summed E-state index contributed by atoms with van der Waals surface area (Å²) < 4.78 is 0. The fourth-order valence-corrected chi connectivity index (χ4v) is 6.20. The molecule has 7 unspecified atom stereocenters. The number of aliphatic hydroxyl groups excluding tert-OH is 2. The lowest BCUT2D eigenvalue weighted by molar-refractivity contribution is -0.142. The topological polar surface area (TPSA) is 426 Å². The molecule has 20 N–H and O–H groups in total. The number of nitrogens with two attached hydrogens (primary N) is 6. The van der Waals surface area contributed by atoms with Gasteiger partial charge in [-0.3, -0.25) is 43.2 Å². The van der Waals surface area contributed by atoms with Crippen molar-refractivity contribution in [2.24, 2.45) is 34.4 Å². The van der Waals surface area contributed by atoms with Gasteiger partial charge in [0, 0.05) is 6.54 Å². The summed E-state index contributed by atoms with van der Waals surface area (Å²) in [7, 11) is 0. The van der Waals surface area contributed by atoms with E-state index in [9.17, 15) is 53.4 Å². The molecule has 0 aromatic heterocycles. The van der Waals surface area contributed by atoms with Crippen LogP contribution in [0.2, 0.25) is 0 Å². The molecule has 0 saturated carbocycles.